The zero-order valence-corrected chi connectivity index (χ0v) is 52.9. The van der Waals surface area contributed by atoms with Crippen molar-refractivity contribution in [2.45, 2.75) is 150 Å². The Hall–Kier alpha value is -6.56. The molecule has 2 aromatic carbocycles. The van der Waals surface area contributed by atoms with Gasteiger partial charge in [0.2, 0.25) is 29.5 Å². The van der Waals surface area contributed by atoms with E-state index >= 15 is 0 Å². The van der Waals surface area contributed by atoms with Gasteiger partial charge in [0.15, 0.2) is 5.78 Å². The van der Waals surface area contributed by atoms with Crippen molar-refractivity contribution in [3.63, 3.8) is 0 Å². The van der Waals surface area contributed by atoms with Crippen LogP contribution < -0.4 is 20.2 Å². The molecule has 2 fully saturated rings. The zero-order chi connectivity index (χ0) is 63.6. The van der Waals surface area contributed by atoms with E-state index < -0.39 is 77.8 Å². The highest BCUT2D eigenvalue weighted by atomic mass is 16.7. The van der Waals surface area contributed by atoms with Crippen molar-refractivity contribution in [3.05, 3.63) is 90.7 Å². The number of Topliss-reactive ketones (excluding diaryl/α,β-unsaturated/α-hetero) is 1. The maximum atomic E-state index is 14.9. The number of hydroxylamine groups is 2. The number of benzene rings is 2. The topological polar surface area (TPSA) is 255 Å². The summed E-state index contributed by atoms with van der Waals surface area (Å²) in [5.41, 5.74) is 1.84. The van der Waals surface area contributed by atoms with Gasteiger partial charge in [0.25, 0.3) is 5.91 Å². The van der Waals surface area contributed by atoms with Gasteiger partial charge >= 0.3 is 5.97 Å². The lowest BCUT2D eigenvalue weighted by atomic mass is 9.73. The van der Waals surface area contributed by atoms with Crippen LogP contribution in [-0.4, -0.2) is 182 Å². The fourth-order valence-electron chi connectivity index (χ4n) is 11.5. The molecule has 5 rings (SSSR count). The number of carbonyl (C=O) groups is 6. The number of likely N-dealkylation sites (N-methyl/N-ethyl adjacent to an activating group) is 1. The number of ketones is 1. The Kier molecular flexibility index (Phi) is 30.0. The first-order valence-corrected chi connectivity index (χ1v) is 30.9. The molecule has 22 heteroatoms. The number of hydrogen-bond donors (Lipinski definition) is 4. The van der Waals surface area contributed by atoms with Gasteiger partial charge in [-0.05, 0) is 86.6 Å². The van der Waals surface area contributed by atoms with Crippen molar-refractivity contribution >= 4 is 35.4 Å². The van der Waals surface area contributed by atoms with Crippen molar-refractivity contribution < 1.29 is 77.1 Å². The quantitative estimate of drug-likeness (QED) is 0.0343. The lowest BCUT2D eigenvalue weighted by Crippen LogP contribution is -2.56. The molecule has 87 heavy (non-hydrogen) atoms. The molecule has 2 aliphatic rings. The van der Waals surface area contributed by atoms with E-state index in [9.17, 15) is 39.0 Å². The predicted octanol–water partition coefficient (Wildman–Crippen LogP) is 6.68. The number of likely N-dealkylation sites (tertiary alicyclic amines) is 1. The summed E-state index contributed by atoms with van der Waals surface area (Å²) in [6.07, 6.45) is 3.35. The molecular weight excluding hydrogens is 1120 g/mol. The van der Waals surface area contributed by atoms with E-state index in [2.05, 4.69) is 24.1 Å². The zero-order valence-electron chi connectivity index (χ0n) is 52.9. The second-order valence-corrected chi connectivity index (χ2v) is 23.4. The number of carbonyl (C=O) groups excluding carboxylic acids is 6. The average Bonchev–Trinajstić information content (AvgIpc) is 2.99. The van der Waals surface area contributed by atoms with E-state index in [4.69, 9.17) is 38.1 Å². The van der Waals surface area contributed by atoms with Crippen LogP contribution in [0.25, 0.3) is 0 Å². The van der Waals surface area contributed by atoms with Gasteiger partial charge < -0.3 is 59.0 Å². The molecule has 2 saturated heterocycles. The third-order valence-corrected chi connectivity index (χ3v) is 16.5. The Bertz CT molecular complexity index is 2580. The van der Waals surface area contributed by atoms with E-state index in [1.165, 1.54) is 23.5 Å². The summed E-state index contributed by atoms with van der Waals surface area (Å²) in [6.45, 7) is 22.7. The lowest BCUT2D eigenvalue weighted by Gasteiger charge is -2.39. The first kappa shape index (κ1) is 71.2. The predicted molar refractivity (Wildman–Crippen MR) is 326 cm³/mol. The standard InChI is InChI=1S/C65H98N6O16/c1-12-45(7)58(46(8)61(76)59(43(3)4)67-64(78)60(44(5)6)68(10)32-35-82-37-39-83-38-36-81-34-29-57(75)87-71-54(72)27-28-55(71)73)53(80-11)41-56(74)69-30-19-22-52(69)62(84-13-2)47(9)63(77)66-51(65(79)70-31-17-18-33-86-70)40-48-23-25-50(26-24-48)85-42-49-20-15-14-16-21-49/h13-16,20-21,23-28,43-47,51-53,58-60,62,72-73H,2,12,17-19,22,29-42H2,1,3-11H3,(H,66,77)(H,67,78). The number of aromatic nitrogens is 1. The van der Waals surface area contributed by atoms with Crippen LogP contribution in [0.15, 0.2) is 79.6 Å². The largest absolute Gasteiger partial charge is 0.496 e. The van der Waals surface area contributed by atoms with Gasteiger partial charge in [-0.25, -0.2) is 9.86 Å². The van der Waals surface area contributed by atoms with E-state index in [-0.39, 0.29) is 86.9 Å². The number of methoxy groups -OCH3 is 1. The maximum absolute atomic E-state index is 14.9. The van der Waals surface area contributed by atoms with Crippen LogP contribution in [0.4, 0.5) is 0 Å². The molecule has 0 spiro atoms. The highest BCUT2D eigenvalue weighted by Gasteiger charge is 2.45. The van der Waals surface area contributed by atoms with Gasteiger partial charge in [0.05, 0.1) is 95.5 Å². The minimum absolute atomic E-state index is 0.0396. The fourth-order valence-corrected chi connectivity index (χ4v) is 11.5. The molecule has 10 unspecified atom stereocenters. The van der Waals surface area contributed by atoms with Crippen molar-refractivity contribution in [1.82, 2.24) is 30.2 Å². The molecule has 1 aromatic heterocycles. The molecule has 3 aromatic rings. The van der Waals surface area contributed by atoms with Crippen molar-refractivity contribution in [3.8, 4) is 17.5 Å². The van der Waals surface area contributed by atoms with Crippen LogP contribution in [-0.2, 0) is 70.3 Å². The molecule has 0 radical (unpaired) electrons. The highest BCUT2D eigenvalue weighted by Crippen LogP contribution is 2.35. The van der Waals surface area contributed by atoms with Gasteiger partial charge in [-0.15, -0.1) is 4.73 Å². The smallest absolute Gasteiger partial charge is 0.335 e. The average molecular weight is 1220 g/mol. The normalized spacial score (nSPS) is 17.6. The van der Waals surface area contributed by atoms with Crippen molar-refractivity contribution in [1.29, 1.82) is 0 Å². The minimum atomic E-state index is -0.969. The molecule has 2 aliphatic heterocycles. The molecule has 0 bridgehead atoms. The monoisotopic (exact) mass is 1220 g/mol. The van der Waals surface area contributed by atoms with Crippen LogP contribution >= 0.6 is 0 Å². The number of amides is 4. The molecule has 3 heterocycles. The lowest BCUT2D eigenvalue weighted by molar-refractivity contribution is -0.199. The Labute approximate surface area is 514 Å². The molecule has 10 atom stereocenters. The second kappa shape index (κ2) is 36.7. The third-order valence-electron chi connectivity index (χ3n) is 16.5. The molecule has 22 nitrogen and oxygen atoms in total. The number of nitrogens with one attached hydrogen (secondary N) is 2. The van der Waals surface area contributed by atoms with Gasteiger partial charge in [0, 0.05) is 51.2 Å². The van der Waals surface area contributed by atoms with E-state index in [1.54, 1.807) is 18.9 Å². The first-order chi connectivity index (χ1) is 41.7. The van der Waals surface area contributed by atoms with E-state index in [1.807, 2.05) is 108 Å². The van der Waals surface area contributed by atoms with E-state index in [0.29, 0.717) is 75.8 Å². The van der Waals surface area contributed by atoms with Crippen LogP contribution in [0, 0.1) is 35.5 Å². The number of rotatable bonds is 39. The van der Waals surface area contributed by atoms with Crippen LogP contribution in [0.3, 0.4) is 0 Å². The molecule has 0 saturated carbocycles. The van der Waals surface area contributed by atoms with Gasteiger partial charge in [0.1, 0.15) is 24.5 Å². The summed E-state index contributed by atoms with van der Waals surface area (Å²) in [7, 11) is 3.40. The number of ether oxygens (including phenoxy) is 6. The summed E-state index contributed by atoms with van der Waals surface area (Å²) < 4.78 is 35.8. The summed E-state index contributed by atoms with van der Waals surface area (Å²) in [6, 6.07) is 16.8. The van der Waals surface area contributed by atoms with Gasteiger partial charge in [-0.3, -0.25) is 33.7 Å². The number of nitrogens with zero attached hydrogens (tertiary/aromatic N) is 4. The molecule has 4 amide bonds. The van der Waals surface area contributed by atoms with Crippen molar-refractivity contribution in [2.75, 3.05) is 80.0 Å². The molecule has 4 N–H and O–H groups in total. The Morgan fingerprint density at radius 2 is 1.43 bits per heavy atom. The highest BCUT2D eigenvalue weighted by molar-refractivity contribution is 5.93. The summed E-state index contributed by atoms with van der Waals surface area (Å²) in [5.74, 6) is -4.58. The maximum Gasteiger partial charge on any atom is 0.335 e. The number of aromatic hydroxyl groups is 2. The van der Waals surface area contributed by atoms with Gasteiger partial charge in [-0.2, -0.15) is 0 Å². The van der Waals surface area contributed by atoms with Crippen molar-refractivity contribution in [2.24, 2.45) is 35.5 Å². The third kappa shape index (κ3) is 21.6. The first-order valence-electron chi connectivity index (χ1n) is 30.9. The SMILES string of the molecule is C=COC(C(C)C(=O)NC(Cc1ccc(OCc2ccccc2)cc1)C(=O)N1CCCCO1)C1CCCN1C(=O)CC(OC)C(C(C)CC)C(C)C(=O)C(NC(=O)C(C(C)C)N(C)CCOCCOCCOCCC(=O)On1c(O)ccc1O)C(C)C. The molecule has 484 valence electrons. The Morgan fingerprint density at radius 1 is 0.770 bits per heavy atom. The Balaban J connectivity index is 1.16. The molecule has 0 aliphatic carbocycles. The van der Waals surface area contributed by atoms with Crippen LogP contribution in [0.5, 0.6) is 17.5 Å². The number of hydrogen-bond acceptors (Lipinski definition) is 17. The summed E-state index contributed by atoms with van der Waals surface area (Å²) in [4.78, 5) is 98.8. The Morgan fingerprint density at radius 3 is 2.02 bits per heavy atom. The summed E-state index contributed by atoms with van der Waals surface area (Å²) in [5, 5.41) is 26.7. The fraction of sp³-hybridized carbons (Fsp3) is 0.631. The summed E-state index contributed by atoms with van der Waals surface area (Å²) >= 11 is 0. The second-order valence-electron chi connectivity index (χ2n) is 23.4. The van der Waals surface area contributed by atoms with E-state index in [0.717, 1.165) is 24.0 Å². The minimum Gasteiger partial charge on any atom is -0.496 e. The van der Waals surface area contributed by atoms with Crippen LogP contribution in [0.1, 0.15) is 111 Å². The molecular formula is C65H98N6O16. The van der Waals surface area contributed by atoms with Gasteiger partial charge in [-0.1, -0.05) is 104 Å². The van der Waals surface area contributed by atoms with Crippen LogP contribution in [0.2, 0.25) is 0 Å².